The van der Waals surface area contributed by atoms with Gasteiger partial charge in [0.1, 0.15) is 0 Å². The SMILES string of the molecule is C=C(Cc1ccc2ccccc2c1)[N+](=O)[O-]. The summed E-state index contributed by atoms with van der Waals surface area (Å²) in [7, 11) is 0. The quantitative estimate of drug-likeness (QED) is 0.580. The van der Waals surface area contributed by atoms with Gasteiger partial charge in [0.2, 0.25) is 5.70 Å². The second-order valence-electron chi connectivity index (χ2n) is 3.68. The molecule has 0 heterocycles. The molecule has 0 aromatic heterocycles. The standard InChI is InChI=1S/C13H11NO2/c1-10(14(15)16)8-11-6-7-12-4-2-3-5-13(12)9-11/h2-7,9H,1,8H2. The zero-order valence-corrected chi connectivity index (χ0v) is 8.72. The minimum absolute atomic E-state index is 0.0234. The van der Waals surface area contributed by atoms with Gasteiger partial charge in [0.05, 0.1) is 11.3 Å². The molecule has 0 bridgehead atoms. The Morgan fingerprint density at radius 2 is 1.88 bits per heavy atom. The number of allylic oxidation sites excluding steroid dienone is 1. The molecule has 0 spiro atoms. The normalized spacial score (nSPS) is 10.2. The third kappa shape index (κ3) is 2.08. The minimum atomic E-state index is -0.435. The molecule has 2 rings (SSSR count). The van der Waals surface area contributed by atoms with E-state index in [4.69, 9.17) is 0 Å². The number of hydrogen-bond acceptors (Lipinski definition) is 2. The highest BCUT2D eigenvalue weighted by atomic mass is 16.6. The van der Waals surface area contributed by atoms with E-state index in [9.17, 15) is 10.1 Å². The number of fused-ring (bicyclic) bond motifs is 1. The minimum Gasteiger partial charge on any atom is -0.259 e. The van der Waals surface area contributed by atoms with E-state index in [0.29, 0.717) is 0 Å². The predicted molar refractivity (Wildman–Crippen MR) is 63.8 cm³/mol. The summed E-state index contributed by atoms with van der Waals surface area (Å²) in [4.78, 5) is 10.0. The first-order chi connectivity index (χ1) is 7.66. The molecule has 80 valence electrons. The summed E-state index contributed by atoms with van der Waals surface area (Å²) in [6.07, 6.45) is 0.290. The molecule has 0 radical (unpaired) electrons. The lowest BCUT2D eigenvalue weighted by Crippen LogP contribution is -2.00. The monoisotopic (exact) mass is 213 g/mol. The fourth-order valence-electron chi connectivity index (χ4n) is 1.65. The van der Waals surface area contributed by atoms with Crippen LogP contribution in [0.3, 0.4) is 0 Å². The highest BCUT2D eigenvalue weighted by Gasteiger charge is 2.07. The van der Waals surface area contributed by atoms with Crippen LogP contribution in [0, 0.1) is 10.1 Å². The fraction of sp³-hybridized carbons (Fsp3) is 0.0769. The van der Waals surface area contributed by atoms with Crippen molar-refractivity contribution >= 4 is 10.8 Å². The molecule has 16 heavy (non-hydrogen) atoms. The van der Waals surface area contributed by atoms with Crippen molar-refractivity contribution in [1.29, 1.82) is 0 Å². The topological polar surface area (TPSA) is 43.1 Å². The molecule has 0 atom stereocenters. The third-order valence-corrected chi connectivity index (χ3v) is 2.48. The van der Waals surface area contributed by atoms with Gasteiger partial charge in [0.15, 0.2) is 0 Å². The lowest BCUT2D eigenvalue weighted by Gasteiger charge is -2.01. The van der Waals surface area contributed by atoms with E-state index in [1.807, 2.05) is 42.5 Å². The molecule has 0 N–H and O–H groups in total. The van der Waals surface area contributed by atoms with Crippen LogP contribution in [-0.2, 0) is 6.42 Å². The van der Waals surface area contributed by atoms with Crippen molar-refractivity contribution in [2.75, 3.05) is 0 Å². The van der Waals surface area contributed by atoms with Crippen LogP contribution in [0.15, 0.2) is 54.7 Å². The van der Waals surface area contributed by atoms with E-state index in [0.717, 1.165) is 16.3 Å². The van der Waals surface area contributed by atoms with Crippen LogP contribution in [0.25, 0.3) is 10.8 Å². The van der Waals surface area contributed by atoms with Crippen LogP contribution in [0.1, 0.15) is 5.56 Å². The Morgan fingerprint density at radius 3 is 2.56 bits per heavy atom. The number of hydrogen-bond donors (Lipinski definition) is 0. The molecule has 0 aliphatic heterocycles. The van der Waals surface area contributed by atoms with Gasteiger partial charge in [-0.15, -0.1) is 0 Å². The van der Waals surface area contributed by atoms with Crippen molar-refractivity contribution in [2.24, 2.45) is 0 Å². The van der Waals surface area contributed by atoms with E-state index in [-0.39, 0.29) is 12.1 Å². The predicted octanol–water partition coefficient (Wildman–Crippen LogP) is 3.17. The van der Waals surface area contributed by atoms with E-state index in [2.05, 4.69) is 6.58 Å². The van der Waals surface area contributed by atoms with Crippen LogP contribution in [0.2, 0.25) is 0 Å². The van der Waals surface area contributed by atoms with Crippen LogP contribution in [0.4, 0.5) is 0 Å². The molecular weight excluding hydrogens is 202 g/mol. The van der Waals surface area contributed by atoms with E-state index < -0.39 is 4.92 Å². The number of nitrogens with zero attached hydrogens (tertiary/aromatic N) is 1. The maximum atomic E-state index is 10.5. The Balaban J connectivity index is 2.33. The number of nitro groups is 1. The first kappa shape index (κ1) is 10.4. The zero-order valence-electron chi connectivity index (χ0n) is 8.72. The van der Waals surface area contributed by atoms with Crippen LogP contribution in [-0.4, -0.2) is 4.92 Å². The van der Waals surface area contributed by atoms with Crippen molar-refractivity contribution in [3.05, 3.63) is 70.4 Å². The highest BCUT2D eigenvalue weighted by molar-refractivity contribution is 5.83. The Labute approximate surface area is 93.2 Å². The molecule has 3 heteroatoms. The Morgan fingerprint density at radius 1 is 1.19 bits per heavy atom. The van der Waals surface area contributed by atoms with Gasteiger partial charge in [0.25, 0.3) is 0 Å². The maximum Gasteiger partial charge on any atom is 0.243 e. The lowest BCUT2D eigenvalue weighted by atomic mass is 10.0. The smallest absolute Gasteiger partial charge is 0.243 e. The lowest BCUT2D eigenvalue weighted by molar-refractivity contribution is -0.426. The summed E-state index contributed by atoms with van der Waals surface area (Å²) < 4.78 is 0. The fourth-order valence-corrected chi connectivity index (χ4v) is 1.65. The van der Waals surface area contributed by atoms with Crippen LogP contribution in [0.5, 0.6) is 0 Å². The van der Waals surface area contributed by atoms with Gasteiger partial charge in [-0.25, -0.2) is 0 Å². The van der Waals surface area contributed by atoms with Gasteiger partial charge >= 0.3 is 0 Å². The molecule has 3 nitrogen and oxygen atoms in total. The average Bonchev–Trinajstić information content (AvgIpc) is 2.28. The molecule has 2 aromatic rings. The molecule has 0 aliphatic carbocycles. The first-order valence-corrected chi connectivity index (χ1v) is 4.96. The van der Waals surface area contributed by atoms with E-state index in [1.54, 1.807) is 0 Å². The summed E-state index contributed by atoms with van der Waals surface area (Å²) in [5, 5.41) is 12.7. The zero-order chi connectivity index (χ0) is 11.5. The molecular formula is C13H11NO2. The van der Waals surface area contributed by atoms with Crippen molar-refractivity contribution < 1.29 is 4.92 Å². The van der Waals surface area contributed by atoms with E-state index in [1.165, 1.54) is 0 Å². The molecule has 0 unspecified atom stereocenters. The molecule has 2 aromatic carbocycles. The van der Waals surface area contributed by atoms with Crippen molar-refractivity contribution in [1.82, 2.24) is 0 Å². The van der Waals surface area contributed by atoms with Gasteiger partial charge < -0.3 is 0 Å². The summed E-state index contributed by atoms with van der Waals surface area (Å²) in [6, 6.07) is 13.8. The van der Waals surface area contributed by atoms with Crippen LogP contribution < -0.4 is 0 Å². The van der Waals surface area contributed by atoms with Crippen molar-refractivity contribution in [2.45, 2.75) is 6.42 Å². The molecule has 0 amide bonds. The molecule has 0 aliphatic rings. The van der Waals surface area contributed by atoms with Gasteiger partial charge in [-0.05, 0) is 22.9 Å². The maximum absolute atomic E-state index is 10.5. The van der Waals surface area contributed by atoms with Crippen molar-refractivity contribution in [3.8, 4) is 0 Å². The van der Waals surface area contributed by atoms with Gasteiger partial charge in [-0.2, -0.15) is 0 Å². The first-order valence-electron chi connectivity index (χ1n) is 4.96. The summed E-state index contributed by atoms with van der Waals surface area (Å²) in [5.41, 5.74) is 0.940. The van der Waals surface area contributed by atoms with Gasteiger partial charge in [-0.3, -0.25) is 10.1 Å². The molecule has 0 saturated carbocycles. The second-order valence-corrected chi connectivity index (χ2v) is 3.68. The van der Waals surface area contributed by atoms with Gasteiger partial charge in [-0.1, -0.05) is 42.5 Å². The summed E-state index contributed by atoms with van der Waals surface area (Å²) >= 11 is 0. The van der Waals surface area contributed by atoms with Crippen LogP contribution >= 0.6 is 0 Å². The Bertz CT molecular complexity index is 561. The second kappa shape index (κ2) is 4.14. The molecule has 0 fully saturated rings. The van der Waals surface area contributed by atoms with E-state index >= 15 is 0 Å². The largest absolute Gasteiger partial charge is 0.259 e. The summed E-state index contributed by atoms with van der Waals surface area (Å²) in [5.74, 6) is 0. The molecule has 0 saturated heterocycles. The Kier molecular flexibility index (Phi) is 2.68. The van der Waals surface area contributed by atoms with Crippen molar-refractivity contribution in [3.63, 3.8) is 0 Å². The number of benzene rings is 2. The Hall–Kier alpha value is -2.16. The third-order valence-electron chi connectivity index (χ3n) is 2.48. The highest BCUT2D eigenvalue weighted by Crippen LogP contribution is 2.17. The average molecular weight is 213 g/mol. The van der Waals surface area contributed by atoms with Gasteiger partial charge in [0, 0.05) is 0 Å². The number of rotatable bonds is 3. The summed E-state index contributed by atoms with van der Waals surface area (Å²) in [6.45, 7) is 3.43.